The van der Waals surface area contributed by atoms with E-state index in [1.807, 2.05) is 0 Å². The van der Waals surface area contributed by atoms with Crippen LogP contribution in [-0.2, 0) is 9.53 Å². The van der Waals surface area contributed by atoms with Crippen molar-refractivity contribution in [2.24, 2.45) is 0 Å². The van der Waals surface area contributed by atoms with E-state index in [1.54, 1.807) is 0 Å². The van der Waals surface area contributed by atoms with Crippen molar-refractivity contribution in [1.29, 1.82) is 0 Å². The van der Waals surface area contributed by atoms with Crippen molar-refractivity contribution in [3.8, 4) is 0 Å². The molecule has 0 aromatic rings. The summed E-state index contributed by atoms with van der Waals surface area (Å²) in [6, 6.07) is 0.664. The maximum absolute atomic E-state index is 11.7. The highest BCUT2D eigenvalue weighted by molar-refractivity contribution is 5.79. The van der Waals surface area contributed by atoms with Crippen LogP contribution in [0.2, 0.25) is 0 Å². The van der Waals surface area contributed by atoms with Crippen LogP contribution >= 0.6 is 0 Å². The molecule has 2 heterocycles. The minimum Gasteiger partial charge on any atom is -0.480 e. The number of carboxylic acid groups (broad SMARTS) is 1. The van der Waals surface area contributed by atoms with Gasteiger partial charge < -0.3 is 9.84 Å². The van der Waals surface area contributed by atoms with E-state index in [4.69, 9.17) is 4.74 Å². The zero-order valence-electron chi connectivity index (χ0n) is 10.1. The molecule has 17 heavy (non-hydrogen) atoms. The molecule has 5 heteroatoms. The molecule has 0 aromatic carbocycles. The Labute approximate surface area is 101 Å². The molecule has 3 aliphatic rings. The standard InChI is InChI=1S/C12H20N2O3/c15-11(16)12(14-5-7-17-8-6-14)3-4-13(9-12)10-1-2-10/h10H,1-9H2,(H,15,16). The number of aliphatic carboxylic acids is 1. The normalized spacial score (nSPS) is 36.2. The van der Waals surface area contributed by atoms with E-state index in [-0.39, 0.29) is 0 Å². The van der Waals surface area contributed by atoms with Gasteiger partial charge in [0.25, 0.3) is 0 Å². The van der Waals surface area contributed by atoms with Gasteiger partial charge in [-0.15, -0.1) is 0 Å². The van der Waals surface area contributed by atoms with Crippen molar-refractivity contribution in [2.45, 2.75) is 30.8 Å². The maximum Gasteiger partial charge on any atom is 0.325 e. The first-order chi connectivity index (χ1) is 8.22. The SMILES string of the molecule is O=C(O)C1(N2CCOCC2)CCN(C2CC2)C1. The molecule has 0 aromatic heterocycles. The summed E-state index contributed by atoms with van der Waals surface area (Å²) in [6.07, 6.45) is 3.26. The number of hydrogen-bond donors (Lipinski definition) is 1. The number of morpholine rings is 1. The van der Waals surface area contributed by atoms with Crippen LogP contribution < -0.4 is 0 Å². The number of hydrogen-bond acceptors (Lipinski definition) is 4. The summed E-state index contributed by atoms with van der Waals surface area (Å²) < 4.78 is 5.32. The van der Waals surface area contributed by atoms with Crippen molar-refractivity contribution in [3.63, 3.8) is 0 Å². The summed E-state index contributed by atoms with van der Waals surface area (Å²) in [6.45, 7) is 4.48. The van der Waals surface area contributed by atoms with Gasteiger partial charge in [-0.05, 0) is 19.3 Å². The molecule has 1 saturated carbocycles. The van der Waals surface area contributed by atoms with Crippen LogP contribution in [0.5, 0.6) is 0 Å². The fourth-order valence-corrected chi connectivity index (χ4v) is 3.13. The lowest BCUT2D eigenvalue weighted by Crippen LogP contribution is -2.59. The molecule has 96 valence electrons. The lowest BCUT2D eigenvalue weighted by molar-refractivity contribution is -0.154. The Bertz CT molecular complexity index is 313. The highest BCUT2D eigenvalue weighted by Gasteiger charge is 2.52. The Morgan fingerprint density at radius 3 is 2.53 bits per heavy atom. The van der Waals surface area contributed by atoms with Gasteiger partial charge in [-0.2, -0.15) is 0 Å². The Morgan fingerprint density at radius 2 is 1.94 bits per heavy atom. The van der Waals surface area contributed by atoms with Crippen LogP contribution in [0, 0.1) is 0 Å². The van der Waals surface area contributed by atoms with Crippen molar-refractivity contribution in [3.05, 3.63) is 0 Å². The number of rotatable bonds is 3. The zero-order chi connectivity index (χ0) is 11.9. The Balaban J connectivity index is 1.75. The van der Waals surface area contributed by atoms with Crippen molar-refractivity contribution in [2.75, 3.05) is 39.4 Å². The smallest absolute Gasteiger partial charge is 0.325 e. The molecule has 5 nitrogen and oxygen atoms in total. The van der Waals surface area contributed by atoms with Gasteiger partial charge in [0.15, 0.2) is 0 Å². The molecular formula is C12H20N2O3. The quantitative estimate of drug-likeness (QED) is 0.753. The molecule has 1 atom stereocenters. The van der Waals surface area contributed by atoms with E-state index in [0.717, 1.165) is 26.1 Å². The van der Waals surface area contributed by atoms with Crippen LogP contribution in [0.1, 0.15) is 19.3 Å². The second-order valence-corrected chi connectivity index (χ2v) is 5.39. The monoisotopic (exact) mass is 240 g/mol. The molecule has 3 fully saturated rings. The number of carboxylic acids is 1. The van der Waals surface area contributed by atoms with E-state index in [9.17, 15) is 9.90 Å². The first-order valence-electron chi connectivity index (χ1n) is 6.53. The van der Waals surface area contributed by atoms with Crippen LogP contribution in [0.25, 0.3) is 0 Å². The zero-order valence-corrected chi connectivity index (χ0v) is 10.1. The molecule has 3 rings (SSSR count). The van der Waals surface area contributed by atoms with Gasteiger partial charge in [0, 0.05) is 32.2 Å². The number of likely N-dealkylation sites (tertiary alicyclic amines) is 1. The predicted octanol–water partition coefficient (Wildman–Crippen LogP) is 0.0101. The van der Waals surface area contributed by atoms with Crippen molar-refractivity contribution in [1.82, 2.24) is 9.80 Å². The molecule has 1 N–H and O–H groups in total. The van der Waals surface area contributed by atoms with Crippen LogP contribution in [0.3, 0.4) is 0 Å². The summed E-state index contributed by atoms with van der Waals surface area (Å²) in [5.41, 5.74) is -0.646. The highest BCUT2D eigenvalue weighted by Crippen LogP contribution is 2.36. The molecule has 0 spiro atoms. The molecule has 2 saturated heterocycles. The number of ether oxygens (including phenoxy) is 1. The average molecular weight is 240 g/mol. The second-order valence-electron chi connectivity index (χ2n) is 5.39. The topological polar surface area (TPSA) is 53.0 Å². The van der Waals surface area contributed by atoms with Gasteiger partial charge in [0.05, 0.1) is 13.2 Å². The minimum absolute atomic E-state index is 0.646. The fourth-order valence-electron chi connectivity index (χ4n) is 3.13. The Hall–Kier alpha value is -0.650. The third kappa shape index (κ3) is 1.96. The first-order valence-corrected chi connectivity index (χ1v) is 6.53. The largest absolute Gasteiger partial charge is 0.480 e. The number of nitrogens with zero attached hydrogens (tertiary/aromatic N) is 2. The second kappa shape index (κ2) is 4.23. The van der Waals surface area contributed by atoms with Gasteiger partial charge in [-0.1, -0.05) is 0 Å². The van der Waals surface area contributed by atoms with Gasteiger partial charge in [-0.3, -0.25) is 14.6 Å². The van der Waals surface area contributed by atoms with Gasteiger partial charge in [0.1, 0.15) is 5.54 Å². The summed E-state index contributed by atoms with van der Waals surface area (Å²) >= 11 is 0. The molecular weight excluding hydrogens is 220 g/mol. The average Bonchev–Trinajstić information content (AvgIpc) is 3.09. The fraction of sp³-hybridized carbons (Fsp3) is 0.917. The predicted molar refractivity (Wildman–Crippen MR) is 62.0 cm³/mol. The summed E-state index contributed by atoms with van der Waals surface area (Å²) in [7, 11) is 0. The lowest BCUT2D eigenvalue weighted by Gasteiger charge is -2.40. The van der Waals surface area contributed by atoms with E-state index in [1.165, 1.54) is 12.8 Å². The molecule has 1 unspecified atom stereocenters. The van der Waals surface area contributed by atoms with Crippen molar-refractivity contribution < 1.29 is 14.6 Å². The van der Waals surface area contributed by atoms with Gasteiger partial charge in [-0.25, -0.2) is 0 Å². The van der Waals surface area contributed by atoms with E-state index >= 15 is 0 Å². The van der Waals surface area contributed by atoms with Crippen LogP contribution in [0.15, 0.2) is 0 Å². The highest BCUT2D eigenvalue weighted by atomic mass is 16.5. The lowest BCUT2D eigenvalue weighted by atomic mass is 9.95. The van der Waals surface area contributed by atoms with Crippen LogP contribution in [0.4, 0.5) is 0 Å². The molecule has 2 aliphatic heterocycles. The summed E-state index contributed by atoms with van der Waals surface area (Å²) in [4.78, 5) is 16.2. The van der Waals surface area contributed by atoms with Crippen molar-refractivity contribution >= 4 is 5.97 Å². The number of carbonyl (C=O) groups is 1. The van der Waals surface area contributed by atoms with E-state index in [2.05, 4.69) is 9.80 Å². The third-order valence-corrected chi connectivity index (χ3v) is 4.36. The minimum atomic E-state index is -0.650. The Kier molecular flexibility index (Phi) is 2.84. The van der Waals surface area contributed by atoms with E-state index in [0.29, 0.717) is 25.8 Å². The molecule has 0 bridgehead atoms. The third-order valence-electron chi connectivity index (χ3n) is 4.36. The Morgan fingerprint density at radius 1 is 1.24 bits per heavy atom. The maximum atomic E-state index is 11.7. The summed E-state index contributed by atoms with van der Waals surface area (Å²) in [5.74, 6) is -0.650. The van der Waals surface area contributed by atoms with E-state index < -0.39 is 11.5 Å². The van der Waals surface area contributed by atoms with Gasteiger partial charge in [0.2, 0.25) is 0 Å². The molecule has 0 amide bonds. The summed E-state index contributed by atoms with van der Waals surface area (Å²) in [5, 5.41) is 9.63. The first kappa shape index (κ1) is 11.4. The molecule has 0 radical (unpaired) electrons. The van der Waals surface area contributed by atoms with Crippen LogP contribution in [-0.4, -0.2) is 71.8 Å². The van der Waals surface area contributed by atoms with Gasteiger partial charge >= 0.3 is 5.97 Å². The molecule has 1 aliphatic carbocycles.